The molecule has 1 N–H and O–H groups in total. The Hall–Kier alpha value is -3.09. The van der Waals surface area contributed by atoms with Gasteiger partial charge in [0.15, 0.2) is 0 Å². The fourth-order valence-corrected chi connectivity index (χ4v) is 1.86. The Morgan fingerprint density at radius 2 is 1.87 bits per heavy atom. The molecule has 0 bridgehead atoms. The summed E-state index contributed by atoms with van der Waals surface area (Å²) in [5.74, 6) is -1.45. The summed E-state index contributed by atoms with van der Waals surface area (Å²) in [4.78, 5) is 34.1. The summed E-state index contributed by atoms with van der Waals surface area (Å²) < 4.78 is 14.6. The fourth-order valence-electron chi connectivity index (χ4n) is 1.86. The van der Waals surface area contributed by atoms with Gasteiger partial charge in [0, 0.05) is 35.2 Å². The van der Waals surface area contributed by atoms with Crippen molar-refractivity contribution in [3.05, 3.63) is 52.4 Å². The Morgan fingerprint density at radius 1 is 1.17 bits per heavy atom. The third-order valence-corrected chi connectivity index (χ3v) is 2.83. The summed E-state index contributed by atoms with van der Waals surface area (Å²) in [6.07, 6.45) is 1.90. The summed E-state index contributed by atoms with van der Waals surface area (Å²) in [5, 5.41) is 9.93. The molecule has 0 spiro atoms. The molecule has 0 fully saturated rings. The summed E-state index contributed by atoms with van der Waals surface area (Å²) in [6.45, 7) is 1.67. The molecule has 0 unspecified atom stereocenters. The van der Waals surface area contributed by atoms with Gasteiger partial charge in [-0.2, -0.15) is 0 Å². The zero-order chi connectivity index (χ0) is 16.8. The highest BCUT2D eigenvalue weighted by Crippen LogP contribution is 2.22. The maximum absolute atomic E-state index is 11.5. The second-order valence-electron chi connectivity index (χ2n) is 4.46. The Morgan fingerprint density at radius 3 is 2.57 bits per heavy atom. The molecule has 0 atom stereocenters. The van der Waals surface area contributed by atoms with E-state index < -0.39 is 17.6 Å². The molecule has 0 saturated heterocycles. The highest BCUT2D eigenvalue weighted by atomic mass is 16.5. The number of phenolic OH excluding ortho intramolecular Hbond substituents is 1. The zero-order valence-electron chi connectivity index (χ0n) is 12.3. The molecule has 1 heterocycles. The first-order valence-corrected chi connectivity index (χ1v) is 6.77. The van der Waals surface area contributed by atoms with Crippen LogP contribution in [0.5, 0.6) is 5.75 Å². The number of esters is 2. The molecule has 0 amide bonds. The largest absolute Gasteiger partial charge is 0.508 e. The van der Waals surface area contributed by atoms with Crippen LogP contribution in [0.2, 0.25) is 0 Å². The third-order valence-electron chi connectivity index (χ3n) is 2.83. The van der Waals surface area contributed by atoms with Gasteiger partial charge in [0.25, 0.3) is 0 Å². The first-order chi connectivity index (χ1) is 11.0. The van der Waals surface area contributed by atoms with Crippen LogP contribution in [0.25, 0.3) is 11.0 Å². The zero-order valence-corrected chi connectivity index (χ0v) is 12.3. The van der Waals surface area contributed by atoms with Crippen LogP contribution in [-0.4, -0.2) is 23.7 Å². The minimum absolute atomic E-state index is 0.0489. The number of phenols is 1. The number of aromatic hydroxyl groups is 1. The number of carbonyl (C=O) groups is 2. The van der Waals surface area contributed by atoms with E-state index in [1.54, 1.807) is 13.0 Å². The minimum Gasteiger partial charge on any atom is -0.508 e. The van der Waals surface area contributed by atoms with Crippen LogP contribution in [0.1, 0.15) is 12.5 Å². The summed E-state index contributed by atoms with van der Waals surface area (Å²) in [7, 11) is 0. The predicted octanol–water partition coefficient (Wildman–Crippen LogP) is 1.66. The average molecular weight is 318 g/mol. The highest BCUT2D eigenvalue weighted by Gasteiger charge is 2.08. The molecule has 2 rings (SSSR count). The van der Waals surface area contributed by atoms with Crippen LogP contribution in [0.4, 0.5) is 0 Å². The lowest BCUT2D eigenvalue weighted by atomic mass is 10.1. The van der Waals surface area contributed by atoms with Crippen molar-refractivity contribution in [3.63, 3.8) is 0 Å². The SMILES string of the molecule is CCOC(=O)/C=C/C(=O)OCc1cc(=O)oc2cc(O)ccc12. The molecule has 0 radical (unpaired) electrons. The van der Waals surface area contributed by atoms with Gasteiger partial charge < -0.3 is 19.0 Å². The Balaban J connectivity index is 2.12. The van der Waals surface area contributed by atoms with Crippen LogP contribution < -0.4 is 5.63 Å². The molecule has 0 saturated carbocycles. The summed E-state index contributed by atoms with van der Waals surface area (Å²) >= 11 is 0. The maximum atomic E-state index is 11.5. The lowest BCUT2D eigenvalue weighted by molar-refractivity contribution is -0.141. The molecule has 2 aromatic rings. The molecule has 0 aliphatic rings. The first-order valence-electron chi connectivity index (χ1n) is 6.77. The van der Waals surface area contributed by atoms with Gasteiger partial charge in [-0.05, 0) is 19.1 Å². The third kappa shape index (κ3) is 4.44. The van der Waals surface area contributed by atoms with Crippen molar-refractivity contribution in [1.29, 1.82) is 0 Å². The van der Waals surface area contributed by atoms with Crippen molar-refractivity contribution >= 4 is 22.9 Å². The molecular weight excluding hydrogens is 304 g/mol. The number of ether oxygens (including phenoxy) is 2. The van der Waals surface area contributed by atoms with Crippen LogP contribution in [0.15, 0.2) is 45.6 Å². The van der Waals surface area contributed by atoms with Crippen molar-refractivity contribution < 1.29 is 28.6 Å². The number of rotatable bonds is 5. The number of hydrogen-bond acceptors (Lipinski definition) is 7. The molecule has 7 nitrogen and oxygen atoms in total. The topological polar surface area (TPSA) is 103 Å². The highest BCUT2D eigenvalue weighted by molar-refractivity contribution is 5.91. The van der Waals surface area contributed by atoms with E-state index in [0.29, 0.717) is 10.9 Å². The van der Waals surface area contributed by atoms with Crippen molar-refractivity contribution in [2.45, 2.75) is 13.5 Å². The lowest BCUT2D eigenvalue weighted by Crippen LogP contribution is -2.06. The number of benzene rings is 1. The average Bonchev–Trinajstić information content (AvgIpc) is 2.50. The minimum atomic E-state index is -0.752. The molecular formula is C16H14O7. The standard InChI is InChI=1S/C16H14O7/c1-2-21-14(18)5-6-15(19)22-9-10-7-16(20)23-13-8-11(17)3-4-12(10)13/h3-8,17H,2,9H2,1H3/b6-5+. The Bertz CT molecular complexity index is 817. The van der Waals surface area contributed by atoms with Crippen LogP contribution >= 0.6 is 0 Å². The van der Waals surface area contributed by atoms with Gasteiger partial charge in [0.1, 0.15) is 17.9 Å². The van der Waals surface area contributed by atoms with Crippen molar-refractivity contribution in [2.24, 2.45) is 0 Å². The van der Waals surface area contributed by atoms with E-state index in [-0.39, 0.29) is 24.5 Å². The number of fused-ring (bicyclic) bond motifs is 1. The van der Waals surface area contributed by atoms with Gasteiger partial charge in [-0.1, -0.05) is 0 Å². The van der Waals surface area contributed by atoms with Gasteiger partial charge in [-0.3, -0.25) is 0 Å². The molecule has 120 valence electrons. The Kier molecular flexibility index (Phi) is 5.14. The van der Waals surface area contributed by atoms with E-state index in [4.69, 9.17) is 9.15 Å². The second kappa shape index (κ2) is 7.26. The molecule has 1 aromatic heterocycles. The van der Waals surface area contributed by atoms with Crippen molar-refractivity contribution in [3.8, 4) is 5.75 Å². The van der Waals surface area contributed by atoms with E-state index in [9.17, 15) is 19.5 Å². The quantitative estimate of drug-likeness (QED) is 0.508. The molecule has 23 heavy (non-hydrogen) atoms. The van der Waals surface area contributed by atoms with Crippen molar-refractivity contribution in [1.82, 2.24) is 0 Å². The predicted molar refractivity (Wildman–Crippen MR) is 79.7 cm³/mol. The first kappa shape index (κ1) is 16.3. The molecule has 0 aliphatic heterocycles. The van der Waals surface area contributed by atoms with Gasteiger partial charge in [-0.15, -0.1) is 0 Å². The van der Waals surface area contributed by atoms with E-state index in [1.807, 2.05) is 0 Å². The van der Waals surface area contributed by atoms with Gasteiger partial charge in [-0.25, -0.2) is 14.4 Å². The van der Waals surface area contributed by atoms with Gasteiger partial charge in [0.05, 0.1) is 6.61 Å². The van der Waals surface area contributed by atoms with E-state index in [1.165, 1.54) is 18.2 Å². The van der Waals surface area contributed by atoms with Crippen molar-refractivity contribution in [2.75, 3.05) is 6.61 Å². The Labute approximate surface area is 130 Å². The summed E-state index contributed by atoms with van der Waals surface area (Å²) in [5.41, 5.74) is -0.0176. The van der Waals surface area contributed by atoms with Gasteiger partial charge >= 0.3 is 17.6 Å². The van der Waals surface area contributed by atoms with Gasteiger partial charge in [0.2, 0.25) is 0 Å². The van der Waals surface area contributed by atoms with E-state index in [0.717, 1.165) is 12.2 Å². The number of carbonyl (C=O) groups excluding carboxylic acids is 2. The van der Waals surface area contributed by atoms with Crippen LogP contribution in [0.3, 0.4) is 0 Å². The van der Waals surface area contributed by atoms with E-state index in [2.05, 4.69) is 4.74 Å². The monoisotopic (exact) mass is 318 g/mol. The second-order valence-corrected chi connectivity index (χ2v) is 4.46. The number of hydrogen-bond donors (Lipinski definition) is 1. The van der Waals surface area contributed by atoms with Crippen LogP contribution in [0, 0.1) is 0 Å². The summed E-state index contributed by atoms with van der Waals surface area (Å²) in [6, 6.07) is 5.46. The smallest absolute Gasteiger partial charge is 0.336 e. The lowest BCUT2D eigenvalue weighted by Gasteiger charge is -2.06. The fraction of sp³-hybridized carbons (Fsp3) is 0.188. The molecule has 1 aromatic carbocycles. The molecule has 7 heteroatoms. The van der Waals surface area contributed by atoms with Crippen LogP contribution in [-0.2, 0) is 25.7 Å². The van der Waals surface area contributed by atoms with E-state index >= 15 is 0 Å². The molecule has 0 aliphatic carbocycles. The normalized spacial score (nSPS) is 10.8. The maximum Gasteiger partial charge on any atom is 0.336 e.